The number of ether oxygens (including phenoxy) is 1. The van der Waals surface area contributed by atoms with Crippen LogP contribution in [0, 0.1) is 23.5 Å². The van der Waals surface area contributed by atoms with Crippen molar-refractivity contribution in [3.8, 4) is 5.75 Å². The van der Waals surface area contributed by atoms with Crippen molar-refractivity contribution in [1.82, 2.24) is 0 Å². The molecule has 0 bridgehead atoms. The molecular formula is C20H19ClF2O4S. The van der Waals surface area contributed by atoms with Gasteiger partial charge in [-0.2, -0.15) is 0 Å². The highest BCUT2D eigenvalue weighted by Gasteiger charge is 2.59. The van der Waals surface area contributed by atoms with E-state index in [-0.39, 0.29) is 41.8 Å². The van der Waals surface area contributed by atoms with Gasteiger partial charge in [0.2, 0.25) is 0 Å². The molecule has 8 heteroatoms. The van der Waals surface area contributed by atoms with Crippen LogP contribution in [0.15, 0.2) is 41.3 Å². The van der Waals surface area contributed by atoms with Crippen molar-refractivity contribution in [2.75, 3.05) is 13.2 Å². The van der Waals surface area contributed by atoms with E-state index in [1.807, 2.05) is 0 Å². The molecule has 4 nitrogen and oxygen atoms in total. The van der Waals surface area contributed by atoms with E-state index in [4.69, 9.17) is 16.3 Å². The summed E-state index contributed by atoms with van der Waals surface area (Å²) in [4.78, 5) is 0.000796. The van der Waals surface area contributed by atoms with E-state index in [0.717, 1.165) is 12.1 Å². The summed E-state index contributed by atoms with van der Waals surface area (Å²) in [6.07, 6.45) is 0.804. The molecule has 2 unspecified atom stereocenters. The molecule has 0 aromatic heterocycles. The molecule has 0 amide bonds. The molecule has 1 heterocycles. The number of benzene rings is 2. The van der Waals surface area contributed by atoms with Crippen LogP contribution in [-0.2, 0) is 14.6 Å². The fraction of sp³-hybridized carbons (Fsp3) is 0.400. The van der Waals surface area contributed by atoms with Crippen LogP contribution in [0.5, 0.6) is 5.75 Å². The number of halogens is 3. The normalized spacial score (nSPS) is 26.9. The lowest BCUT2D eigenvalue weighted by Crippen LogP contribution is -2.52. The Bertz CT molecular complexity index is 1010. The van der Waals surface area contributed by atoms with Gasteiger partial charge in [0.1, 0.15) is 10.6 Å². The topological polar surface area (TPSA) is 63.6 Å². The summed E-state index contributed by atoms with van der Waals surface area (Å²) in [5.41, 5.74) is -0.241. The van der Waals surface area contributed by atoms with Gasteiger partial charge in [-0.25, -0.2) is 17.2 Å². The first-order valence-corrected chi connectivity index (χ1v) is 10.9. The van der Waals surface area contributed by atoms with Gasteiger partial charge in [-0.3, -0.25) is 0 Å². The molecule has 2 aromatic carbocycles. The lowest BCUT2D eigenvalue weighted by atomic mass is 9.69. The SMILES string of the molecule is O=S(=O)(c1ccc(Cl)cc1)[C@@]12CCC(CO)CC1COc1c(F)ccc(F)c12. The van der Waals surface area contributed by atoms with E-state index in [0.29, 0.717) is 17.9 Å². The van der Waals surface area contributed by atoms with Gasteiger partial charge in [0.15, 0.2) is 21.4 Å². The van der Waals surface area contributed by atoms with Crippen molar-refractivity contribution in [3.05, 3.63) is 58.6 Å². The Morgan fingerprint density at radius 2 is 1.82 bits per heavy atom. The molecule has 150 valence electrons. The van der Waals surface area contributed by atoms with Gasteiger partial charge in [-0.15, -0.1) is 0 Å². The number of hydrogen-bond acceptors (Lipinski definition) is 4. The summed E-state index contributed by atoms with van der Waals surface area (Å²) in [6, 6.07) is 7.57. The van der Waals surface area contributed by atoms with Crippen molar-refractivity contribution in [1.29, 1.82) is 0 Å². The molecule has 28 heavy (non-hydrogen) atoms. The molecule has 1 aliphatic carbocycles. The molecule has 0 saturated heterocycles. The molecule has 4 rings (SSSR count). The van der Waals surface area contributed by atoms with Crippen molar-refractivity contribution in [2.45, 2.75) is 28.9 Å². The highest BCUT2D eigenvalue weighted by atomic mass is 35.5. The molecule has 1 aliphatic heterocycles. The predicted octanol–water partition coefficient (Wildman–Crippen LogP) is 4.09. The van der Waals surface area contributed by atoms with Crippen molar-refractivity contribution < 1.29 is 27.0 Å². The highest BCUT2D eigenvalue weighted by molar-refractivity contribution is 7.92. The highest BCUT2D eigenvalue weighted by Crippen LogP contribution is 2.57. The van der Waals surface area contributed by atoms with Gasteiger partial charge in [0.05, 0.1) is 17.1 Å². The van der Waals surface area contributed by atoms with Crippen LogP contribution < -0.4 is 4.74 Å². The van der Waals surface area contributed by atoms with Gasteiger partial charge < -0.3 is 9.84 Å². The van der Waals surface area contributed by atoms with Crippen molar-refractivity contribution >= 4 is 21.4 Å². The molecule has 0 radical (unpaired) electrons. The maximum atomic E-state index is 15.0. The molecule has 2 aromatic rings. The van der Waals surface area contributed by atoms with Gasteiger partial charge in [-0.1, -0.05) is 11.6 Å². The van der Waals surface area contributed by atoms with Gasteiger partial charge >= 0.3 is 0 Å². The van der Waals surface area contributed by atoms with E-state index >= 15 is 0 Å². The summed E-state index contributed by atoms with van der Waals surface area (Å²) < 4.78 is 60.9. The minimum Gasteiger partial charge on any atom is -0.490 e. The lowest BCUT2D eigenvalue weighted by molar-refractivity contribution is 0.0744. The van der Waals surface area contributed by atoms with Gasteiger partial charge in [-0.05, 0) is 61.6 Å². The number of aliphatic hydroxyl groups excluding tert-OH is 1. The van der Waals surface area contributed by atoms with Crippen LogP contribution >= 0.6 is 11.6 Å². The maximum absolute atomic E-state index is 15.0. The second kappa shape index (κ2) is 6.97. The molecule has 3 atom stereocenters. The van der Waals surface area contributed by atoms with E-state index in [1.54, 1.807) is 0 Å². The standard InChI is InChI=1S/C20H19ClF2O4S/c21-14-1-3-15(4-2-14)28(25,26)20-8-7-12(10-24)9-13(20)11-27-19-17(23)6-5-16(22)18(19)20/h1-6,12-13,24H,7-11H2/t12?,13?,20-/m0/s1. The zero-order valence-corrected chi connectivity index (χ0v) is 16.4. The first kappa shape index (κ1) is 19.6. The minimum atomic E-state index is -4.11. The Kier molecular flexibility index (Phi) is 4.88. The van der Waals surface area contributed by atoms with Gasteiger partial charge in [0, 0.05) is 17.5 Å². The molecule has 2 aliphatic rings. The van der Waals surface area contributed by atoms with Crippen LogP contribution in [0.4, 0.5) is 8.78 Å². The zero-order valence-electron chi connectivity index (χ0n) is 14.9. The Balaban J connectivity index is 1.99. The summed E-state index contributed by atoms with van der Waals surface area (Å²) in [5, 5.41) is 9.95. The second-order valence-electron chi connectivity index (χ2n) is 7.41. The number of aliphatic hydroxyl groups is 1. The Morgan fingerprint density at radius 1 is 1.14 bits per heavy atom. The number of rotatable bonds is 3. The fourth-order valence-electron chi connectivity index (χ4n) is 4.60. The summed E-state index contributed by atoms with van der Waals surface area (Å²) >= 11 is 5.90. The van der Waals surface area contributed by atoms with Crippen molar-refractivity contribution in [2.24, 2.45) is 11.8 Å². The summed E-state index contributed by atoms with van der Waals surface area (Å²) in [5.74, 6) is -2.65. The summed E-state index contributed by atoms with van der Waals surface area (Å²) in [7, 11) is -4.11. The Labute approximate surface area is 167 Å². The molecule has 1 saturated carbocycles. The molecule has 1 fully saturated rings. The predicted molar refractivity (Wildman–Crippen MR) is 100 cm³/mol. The average molecular weight is 429 g/mol. The van der Waals surface area contributed by atoms with Crippen LogP contribution in [0.2, 0.25) is 5.02 Å². The molecular weight excluding hydrogens is 410 g/mol. The summed E-state index contributed by atoms with van der Waals surface area (Å²) in [6.45, 7) is -0.150. The fourth-order valence-corrected chi connectivity index (χ4v) is 7.09. The largest absolute Gasteiger partial charge is 0.490 e. The first-order valence-electron chi connectivity index (χ1n) is 9.03. The Morgan fingerprint density at radius 3 is 2.50 bits per heavy atom. The van der Waals surface area contributed by atoms with Crippen LogP contribution in [0.25, 0.3) is 0 Å². The lowest BCUT2D eigenvalue weighted by Gasteiger charge is -2.48. The number of fused-ring (bicyclic) bond motifs is 3. The monoisotopic (exact) mass is 428 g/mol. The number of sulfone groups is 1. The Hall–Kier alpha value is -1.70. The van der Waals surface area contributed by atoms with E-state index < -0.39 is 32.1 Å². The third-order valence-electron chi connectivity index (χ3n) is 5.97. The third-order valence-corrected chi connectivity index (χ3v) is 8.82. The third kappa shape index (κ3) is 2.75. The quantitative estimate of drug-likeness (QED) is 0.799. The second-order valence-corrected chi connectivity index (χ2v) is 10.1. The van der Waals surface area contributed by atoms with E-state index in [9.17, 15) is 22.3 Å². The van der Waals surface area contributed by atoms with Crippen LogP contribution in [0.1, 0.15) is 24.8 Å². The molecule has 0 spiro atoms. The zero-order chi connectivity index (χ0) is 20.1. The van der Waals surface area contributed by atoms with E-state index in [1.165, 1.54) is 24.3 Å². The van der Waals surface area contributed by atoms with Crippen LogP contribution in [-0.4, -0.2) is 26.7 Å². The minimum absolute atomic E-state index is 0.000796. The van der Waals surface area contributed by atoms with E-state index in [2.05, 4.69) is 0 Å². The smallest absolute Gasteiger partial charge is 0.188 e. The maximum Gasteiger partial charge on any atom is 0.188 e. The van der Waals surface area contributed by atoms with Crippen molar-refractivity contribution in [3.63, 3.8) is 0 Å². The first-order chi connectivity index (χ1) is 13.3. The molecule has 1 N–H and O–H groups in total. The number of hydrogen-bond donors (Lipinski definition) is 1. The average Bonchev–Trinajstić information content (AvgIpc) is 2.69. The van der Waals surface area contributed by atoms with Crippen LogP contribution in [0.3, 0.4) is 0 Å². The van der Waals surface area contributed by atoms with Gasteiger partial charge in [0.25, 0.3) is 0 Å².